The number of carbonyl (C=O) groups is 2. The van der Waals surface area contributed by atoms with Gasteiger partial charge >= 0.3 is 12.0 Å². The van der Waals surface area contributed by atoms with Crippen molar-refractivity contribution in [3.63, 3.8) is 0 Å². The second-order valence-corrected chi connectivity index (χ2v) is 9.90. The molecule has 0 bridgehead atoms. The van der Waals surface area contributed by atoms with E-state index >= 15 is 0 Å². The van der Waals surface area contributed by atoms with E-state index in [-0.39, 0.29) is 12.1 Å². The Morgan fingerprint density at radius 2 is 1.62 bits per heavy atom. The lowest BCUT2D eigenvalue weighted by Crippen LogP contribution is -2.48. The molecule has 3 aromatic rings. The molecule has 0 spiro atoms. The summed E-state index contributed by atoms with van der Waals surface area (Å²) in [6.07, 6.45) is 6.14. The standard InChI is InChI=1S/C31H36N4O4/c1-23(2)39-30(36)14-7-25-19-29(21-32-20-25)35(31(37)34-15-17-38-18-16-34)22-24-5-8-26(9-6-24)27-10-12-28(13-11-27)33(3)4/h5-14,19-21,23H,15-18,22H2,1-4H3/b14-7+. The van der Waals surface area contributed by atoms with Crippen LogP contribution in [0.4, 0.5) is 16.2 Å². The highest BCUT2D eigenvalue weighted by atomic mass is 16.5. The first-order valence-electron chi connectivity index (χ1n) is 13.1. The Morgan fingerprint density at radius 1 is 0.974 bits per heavy atom. The molecule has 0 atom stereocenters. The van der Waals surface area contributed by atoms with Gasteiger partial charge in [-0.3, -0.25) is 9.88 Å². The minimum atomic E-state index is -0.423. The van der Waals surface area contributed by atoms with Crippen molar-refractivity contribution in [3.05, 3.63) is 84.2 Å². The lowest BCUT2D eigenvalue weighted by atomic mass is 10.0. The normalized spacial score (nSPS) is 13.5. The number of anilines is 2. The molecule has 1 fully saturated rings. The molecule has 0 N–H and O–H groups in total. The third-order valence-electron chi connectivity index (χ3n) is 6.34. The average Bonchev–Trinajstić information content (AvgIpc) is 2.95. The zero-order valence-electron chi connectivity index (χ0n) is 23.0. The van der Waals surface area contributed by atoms with E-state index in [1.165, 1.54) is 6.08 Å². The SMILES string of the molecule is CC(C)OC(=O)/C=C/c1cncc(N(Cc2ccc(-c3ccc(N(C)C)cc3)cc2)C(=O)N2CCOCC2)c1. The predicted octanol–water partition coefficient (Wildman–Crippen LogP) is 5.24. The van der Waals surface area contributed by atoms with Crippen molar-refractivity contribution in [3.8, 4) is 11.1 Å². The quantitative estimate of drug-likeness (QED) is 0.294. The van der Waals surface area contributed by atoms with Crippen LogP contribution in [0.25, 0.3) is 17.2 Å². The van der Waals surface area contributed by atoms with Crippen molar-refractivity contribution in [2.24, 2.45) is 0 Å². The summed E-state index contributed by atoms with van der Waals surface area (Å²) in [5, 5.41) is 0. The molecule has 2 amide bonds. The number of morpholine rings is 1. The minimum Gasteiger partial charge on any atom is -0.460 e. The van der Waals surface area contributed by atoms with E-state index in [9.17, 15) is 9.59 Å². The molecule has 204 valence electrons. The number of ether oxygens (including phenoxy) is 2. The Labute approximate surface area is 230 Å². The van der Waals surface area contributed by atoms with Gasteiger partial charge in [-0.1, -0.05) is 36.4 Å². The van der Waals surface area contributed by atoms with Gasteiger partial charge in [0.2, 0.25) is 0 Å². The van der Waals surface area contributed by atoms with Crippen molar-refractivity contribution < 1.29 is 19.1 Å². The van der Waals surface area contributed by atoms with Crippen LogP contribution in [0.5, 0.6) is 0 Å². The van der Waals surface area contributed by atoms with Crippen molar-refractivity contribution in [1.29, 1.82) is 0 Å². The summed E-state index contributed by atoms with van der Waals surface area (Å²) < 4.78 is 10.6. The van der Waals surface area contributed by atoms with Crippen molar-refractivity contribution in [2.75, 3.05) is 50.2 Å². The van der Waals surface area contributed by atoms with Crippen LogP contribution in [0.15, 0.2) is 73.1 Å². The van der Waals surface area contributed by atoms with Gasteiger partial charge in [-0.2, -0.15) is 0 Å². The third kappa shape index (κ3) is 7.67. The van der Waals surface area contributed by atoms with E-state index in [0.29, 0.717) is 44.1 Å². The number of urea groups is 1. The molecule has 1 aliphatic rings. The van der Waals surface area contributed by atoms with Gasteiger partial charge in [0.1, 0.15) is 0 Å². The van der Waals surface area contributed by atoms with Gasteiger partial charge in [-0.15, -0.1) is 0 Å². The van der Waals surface area contributed by atoms with Crippen LogP contribution in [0.2, 0.25) is 0 Å². The molecule has 0 unspecified atom stereocenters. The highest BCUT2D eigenvalue weighted by molar-refractivity contribution is 5.92. The lowest BCUT2D eigenvalue weighted by Gasteiger charge is -2.33. The largest absolute Gasteiger partial charge is 0.460 e. The third-order valence-corrected chi connectivity index (χ3v) is 6.34. The molecule has 2 heterocycles. The topological polar surface area (TPSA) is 75.2 Å². The predicted molar refractivity (Wildman–Crippen MR) is 155 cm³/mol. The Balaban J connectivity index is 1.56. The molecular formula is C31H36N4O4. The van der Waals surface area contributed by atoms with Gasteiger partial charge in [0.05, 0.1) is 37.7 Å². The molecule has 2 aromatic carbocycles. The van der Waals surface area contributed by atoms with Crippen molar-refractivity contribution in [1.82, 2.24) is 9.88 Å². The fourth-order valence-corrected chi connectivity index (χ4v) is 4.25. The van der Waals surface area contributed by atoms with E-state index in [2.05, 4.69) is 46.3 Å². The van der Waals surface area contributed by atoms with Crippen molar-refractivity contribution >= 4 is 29.5 Å². The van der Waals surface area contributed by atoms with Crippen LogP contribution in [0.3, 0.4) is 0 Å². The summed E-state index contributed by atoms with van der Waals surface area (Å²) in [6, 6.07) is 18.4. The Kier molecular flexibility index (Phi) is 9.33. The monoisotopic (exact) mass is 528 g/mol. The van der Waals surface area contributed by atoms with Crippen LogP contribution in [0.1, 0.15) is 25.0 Å². The highest BCUT2D eigenvalue weighted by Gasteiger charge is 2.25. The molecule has 0 aliphatic carbocycles. The van der Waals surface area contributed by atoms with Crippen LogP contribution < -0.4 is 9.80 Å². The Bertz CT molecular complexity index is 1280. The number of aromatic nitrogens is 1. The Morgan fingerprint density at radius 3 is 2.23 bits per heavy atom. The van der Waals surface area contributed by atoms with Gasteiger partial charge in [-0.25, -0.2) is 9.59 Å². The van der Waals surface area contributed by atoms with Gasteiger partial charge in [0.25, 0.3) is 0 Å². The number of nitrogens with zero attached hydrogens (tertiary/aromatic N) is 4. The van der Waals surface area contributed by atoms with Crippen LogP contribution in [0, 0.1) is 0 Å². The number of hydrogen-bond donors (Lipinski definition) is 0. The van der Waals surface area contributed by atoms with Crippen molar-refractivity contribution in [2.45, 2.75) is 26.5 Å². The maximum absolute atomic E-state index is 13.6. The summed E-state index contributed by atoms with van der Waals surface area (Å²) in [5.74, 6) is -0.423. The van der Waals surface area contributed by atoms with Crippen LogP contribution in [-0.2, 0) is 20.8 Å². The lowest BCUT2D eigenvalue weighted by molar-refractivity contribution is -0.141. The number of hydrogen-bond acceptors (Lipinski definition) is 6. The summed E-state index contributed by atoms with van der Waals surface area (Å²) >= 11 is 0. The van der Waals surface area contributed by atoms with E-state index in [1.807, 2.05) is 32.3 Å². The molecule has 0 radical (unpaired) electrons. The molecule has 1 aromatic heterocycles. The van der Waals surface area contributed by atoms with E-state index in [4.69, 9.17) is 9.47 Å². The summed E-state index contributed by atoms with van der Waals surface area (Å²) in [4.78, 5) is 35.6. The molecule has 8 heteroatoms. The summed E-state index contributed by atoms with van der Waals surface area (Å²) in [7, 11) is 4.05. The highest BCUT2D eigenvalue weighted by Crippen LogP contribution is 2.25. The number of benzene rings is 2. The van der Waals surface area contributed by atoms with E-state index in [1.54, 1.807) is 42.1 Å². The fourth-order valence-electron chi connectivity index (χ4n) is 4.25. The first-order valence-corrected chi connectivity index (χ1v) is 13.1. The molecule has 0 saturated carbocycles. The Hall–Kier alpha value is -4.17. The van der Waals surface area contributed by atoms with Gasteiger partial charge in [0, 0.05) is 45.1 Å². The average molecular weight is 529 g/mol. The van der Waals surface area contributed by atoms with E-state index < -0.39 is 5.97 Å². The number of esters is 1. The van der Waals surface area contributed by atoms with Crippen LogP contribution >= 0.6 is 0 Å². The minimum absolute atomic E-state index is 0.108. The van der Waals surface area contributed by atoms with E-state index in [0.717, 1.165) is 22.4 Å². The smallest absolute Gasteiger partial charge is 0.331 e. The summed E-state index contributed by atoms with van der Waals surface area (Å²) in [6.45, 7) is 6.07. The number of amides is 2. The fraction of sp³-hybridized carbons (Fsp3) is 0.323. The molecule has 1 saturated heterocycles. The second kappa shape index (κ2) is 13.1. The second-order valence-electron chi connectivity index (χ2n) is 9.90. The molecular weight excluding hydrogens is 492 g/mol. The first-order chi connectivity index (χ1) is 18.8. The van der Waals surface area contributed by atoms with Gasteiger partial charge in [-0.05, 0) is 60.4 Å². The maximum Gasteiger partial charge on any atom is 0.331 e. The molecule has 39 heavy (non-hydrogen) atoms. The number of pyridine rings is 1. The van der Waals surface area contributed by atoms with Gasteiger partial charge in [0.15, 0.2) is 0 Å². The molecule has 8 nitrogen and oxygen atoms in total. The van der Waals surface area contributed by atoms with Gasteiger partial charge < -0.3 is 19.3 Å². The number of carbonyl (C=O) groups excluding carboxylic acids is 2. The maximum atomic E-state index is 13.6. The number of rotatable bonds is 8. The first kappa shape index (κ1) is 27.9. The zero-order chi connectivity index (χ0) is 27.8. The zero-order valence-corrected chi connectivity index (χ0v) is 23.0. The van der Waals surface area contributed by atoms with Crippen LogP contribution in [-0.4, -0.2) is 68.4 Å². The molecule has 4 rings (SSSR count). The summed E-state index contributed by atoms with van der Waals surface area (Å²) in [5.41, 5.74) is 5.73. The molecule has 1 aliphatic heterocycles.